The molecule has 0 radical (unpaired) electrons. The largest absolute Gasteiger partial charge is 0.389 e. The minimum Gasteiger partial charge on any atom is -0.389 e. The van der Waals surface area contributed by atoms with Gasteiger partial charge in [0.15, 0.2) is 0 Å². The Bertz CT molecular complexity index is 118. The normalized spacial score (nSPS) is 12.9. The minimum absolute atomic E-state index is 0.258. The summed E-state index contributed by atoms with van der Waals surface area (Å²) in [5, 5.41) is 9.52. The smallest absolute Gasteiger partial charge is 0.0747 e. The van der Waals surface area contributed by atoms with Gasteiger partial charge in [-0.25, -0.2) is 0 Å². The van der Waals surface area contributed by atoms with E-state index in [0.29, 0.717) is 0 Å². The van der Waals surface area contributed by atoms with Crippen LogP contribution in [0, 0.1) is 0 Å². The summed E-state index contributed by atoms with van der Waals surface area (Å²) in [5.74, 6) is 0. The average Bonchev–Trinajstić information content (AvgIpc) is 2.10. The second-order valence-corrected chi connectivity index (χ2v) is 3.38. The fraction of sp³-hybridized carbons (Fsp3) is 0.818. The lowest BCUT2D eigenvalue weighted by atomic mass is 10.0. The van der Waals surface area contributed by atoms with Gasteiger partial charge in [0, 0.05) is 0 Å². The van der Waals surface area contributed by atoms with Crippen molar-refractivity contribution in [3.05, 3.63) is 12.2 Å². The molecule has 0 aliphatic rings. The Morgan fingerprint density at radius 2 is 1.92 bits per heavy atom. The summed E-state index contributed by atoms with van der Waals surface area (Å²) in [5.41, 5.74) is 0.978. The quantitative estimate of drug-likeness (QED) is 0.459. The minimum atomic E-state index is -0.258. The Morgan fingerprint density at radius 1 is 1.25 bits per heavy atom. The van der Waals surface area contributed by atoms with Gasteiger partial charge in [0.05, 0.1) is 6.10 Å². The van der Waals surface area contributed by atoms with Gasteiger partial charge in [0.2, 0.25) is 0 Å². The van der Waals surface area contributed by atoms with Crippen molar-refractivity contribution in [2.45, 2.75) is 58.5 Å². The molecule has 0 fully saturated rings. The zero-order valence-corrected chi connectivity index (χ0v) is 8.47. The third-order valence-corrected chi connectivity index (χ3v) is 2.26. The van der Waals surface area contributed by atoms with Crippen LogP contribution >= 0.6 is 0 Å². The molecule has 12 heavy (non-hydrogen) atoms. The lowest BCUT2D eigenvalue weighted by molar-refractivity contribution is 0.193. The van der Waals surface area contributed by atoms with E-state index in [4.69, 9.17) is 0 Å². The summed E-state index contributed by atoms with van der Waals surface area (Å²) in [6.45, 7) is 8.06. The molecule has 1 heteroatoms. The van der Waals surface area contributed by atoms with Gasteiger partial charge in [0.25, 0.3) is 0 Å². The Morgan fingerprint density at radius 3 is 2.42 bits per heavy atom. The van der Waals surface area contributed by atoms with E-state index in [2.05, 4.69) is 13.5 Å². The van der Waals surface area contributed by atoms with Gasteiger partial charge in [-0.15, -0.1) is 0 Å². The Kier molecular flexibility index (Phi) is 7.17. The van der Waals surface area contributed by atoms with Crippen LogP contribution in [0.15, 0.2) is 12.2 Å². The van der Waals surface area contributed by atoms with Gasteiger partial charge in [-0.2, -0.15) is 0 Å². The molecule has 0 amide bonds. The number of hydrogen-bond donors (Lipinski definition) is 1. The van der Waals surface area contributed by atoms with E-state index in [1.165, 1.54) is 19.3 Å². The summed E-state index contributed by atoms with van der Waals surface area (Å²) < 4.78 is 0. The molecule has 0 bridgehead atoms. The number of unbranched alkanes of at least 4 members (excludes halogenated alkanes) is 3. The standard InChI is InChI=1S/C11H22O/c1-4-6-7-8-9-11(12)10(3)5-2/h11-12H,3-9H2,1-2H3. The third kappa shape index (κ3) is 5.36. The Balaban J connectivity index is 3.31. The van der Waals surface area contributed by atoms with E-state index in [0.717, 1.165) is 24.8 Å². The summed E-state index contributed by atoms with van der Waals surface area (Å²) in [7, 11) is 0. The molecule has 0 saturated carbocycles. The van der Waals surface area contributed by atoms with Gasteiger partial charge in [0.1, 0.15) is 0 Å². The predicted octanol–water partition coefficient (Wildman–Crippen LogP) is 3.28. The fourth-order valence-corrected chi connectivity index (χ4v) is 1.20. The lowest BCUT2D eigenvalue weighted by Gasteiger charge is -2.11. The topological polar surface area (TPSA) is 20.2 Å². The van der Waals surface area contributed by atoms with E-state index in [9.17, 15) is 5.11 Å². The molecule has 0 heterocycles. The van der Waals surface area contributed by atoms with Gasteiger partial charge in [-0.3, -0.25) is 0 Å². The highest BCUT2D eigenvalue weighted by Crippen LogP contribution is 2.12. The van der Waals surface area contributed by atoms with E-state index < -0.39 is 0 Å². The average molecular weight is 170 g/mol. The first-order chi connectivity index (χ1) is 5.72. The van der Waals surface area contributed by atoms with Crippen molar-refractivity contribution in [1.82, 2.24) is 0 Å². The molecule has 1 nitrogen and oxygen atoms in total. The van der Waals surface area contributed by atoms with Crippen LogP contribution in [0.1, 0.15) is 52.4 Å². The molecule has 1 atom stereocenters. The van der Waals surface area contributed by atoms with Crippen LogP contribution in [0.5, 0.6) is 0 Å². The van der Waals surface area contributed by atoms with Crippen molar-refractivity contribution in [2.24, 2.45) is 0 Å². The van der Waals surface area contributed by atoms with Crippen LogP contribution in [0.4, 0.5) is 0 Å². The summed E-state index contributed by atoms with van der Waals surface area (Å²) in [6, 6.07) is 0. The zero-order chi connectivity index (χ0) is 9.40. The highest BCUT2D eigenvalue weighted by Gasteiger charge is 2.05. The molecule has 0 rings (SSSR count). The molecule has 0 aromatic carbocycles. The molecule has 1 N–H and O–H groups in total. The molecule has 1 unspecified atom stereocenters. The second kappa shape index (κ2) is 7.35. The van der Waals surface area contributed by atoms with Crippen molar-refractivity contribution in [1.29, 1.82) is 0 Å². The Hall–Kier alpha value is -0.300. The fourth-order valence-electron chi connectivity index (χ4n) is 1.20. The lowest BCUT2D eigenvalue weighted by Crippen LogP contribution is -2.08. The van der Waals surface area contributed by atoms with Crippen molar-refractivity contribution in [2.75, 3.05) is 0 Å². The maximum Gasteiger partial charge on any atom is 0.0747 e. The molecule has 0 aliphatic carbocycles. The van der Waals surface area contributed by atoms with Gasteiger partial charge in [-0.05, 0) is 18.4 Å². The first-order valence-corrected chi connectivity index (χ1v) is 5.08. The molecule has 0 aromatic rings. The highest BCUT2D eigenvalue weighted by molar-refractivity contribution is 4.99. The first kappa shape index (κ1) is 11.7. The Labute approximate surface area is 76.5 Å². The van der Waals surface area contributed by atoms with E-state index >= 15 is 0 Å². The van der Waals surface area contributed by atoms with Crippen LogP contribution in [0.25, 0.3) is 0 Å². The molecule has 0 spiro atoms. The van der Waals surface area contributed by atoms with Gasteiger partial charge in [-0.1, -0.05) is 46.1 Å². The highest BCUT2D eigenvalue weighted by atomic mass is 16.3. The van der Waals surface area contributed by atoms with Crippen molar-refractivity contribution in [3.8, 4) is 0 Å². The van der Waals surface area contributed by atoms with Crippen molar-refractivity contribution >= 4 is 0 Å². The molecular formula is C11H22O. The molecule has 0 saturated heterocycles. The first-order valence-electron chi connectivity index (χ1n) is 5.08. The van der Waals surface area contributed by atoms with Gasteiger partial charge < -0.3 is 5.11 Å². The second-order valence-electron chi connectivity index (χ2n) is 3.38. The maximum atomic E-state index is 9.52. The van der Waals surface area contributed by atoms with Crippen LogP contribution in [0.3, 0.4) is 0 Å². The van der Waals surface area contributed by atoms with Crippen LogP contribution < -0.4 is 0 Å². The maximum absolute atomic E-state index is 9.52. The number of hydrogen-bond acceptors (Lipinski definition) is 1. The zero-order valence-electron chi connectivity index (χ0n) is 8.47. The SMILES string of the molecule is C=C(CC)C(O)CCCCCC. The summed E-state index contributed by atoms with van der Waals surface area (Å²) in [4.78, 5) is 0. The van der Waals surface area contributed by atoms with Crippen LogP contribution in [0.2, 0.25) is 0 Å². The van der Waals surface area contributed by atoms with Crippen molar-refractivity contribution in [3.63, 3.8) is 0 Å². The monoisotopic (exact) mass is 170 g/mol. The molecule has 0 aromatic heterocycles. The molecular weight excluding hydrogens is 148 g/mol. The van der Waals surface area contributed by atoms with Crippen LogP contribution in [-0.2, 0) is 0 Å². The van der Waals surface area contributed by atoms with Crippen LogP contribution in [-0.4, -0.2) is 11.2 Å². The molecule has 72 valence electrons. The van der Waals surface area contributed by atoms with E-state index in [1.54, 1.807) is 0 Å². The van der Waals surface area contributed by atoms with E-state index in [1.807, 2.05) is 6.92 Å². The van der Waals surface area contributed by atoms with Gasteiger partial charge >= 0.3 is 0 Å². The number of aliphatic hydroxyl groups excluding tert-OH is 1. The number of aliphatic hydroxyl groups is 1. The molecule has 0 aliphatic heterocycles. The summed E-state index contributed by atoms with van der Waals surface area (Å²) >= 11 is 0. The van der Waals surface area contributed by atoms with E-state index in [-0.39, 0.29) is 6.10 Å². The predicted molar refractivity (Wildman–Crippen MR) is 54.2 cm³/mol. The third-order valence-electron chi connectivity index (χ3n) is 2.26. The van der Waals surface area contributed by atoms with Crippen molar-refractivity contribution < 1.29 is 5.11 Å². The summed E-state index contributed by atoms with van der Waals surface area (Å²) in [6.07, 6.45) is 6.45. The number of rotatable bonds is 7.